The molecule has 0 saturated carbocycles. The summed E-state index contributed by atoms with van der Waals surface area (Å²) in [4.78, 5) is 20.3. The molecular formula is C20H34IN5O2. The summed E-state index contributed by atoms with van der Waals surface area (Å²) in [5.74, 6) is 1.84. The van der Waals surface area contributed by atoms with Crippen molar-refractivity contribution in [1.29, 1.82) is 0 Å². The third-order valence-electron chi connectivity index (χ3n) is 4.97. The van der Waals surface area contributed by atoms with E-state index in [1.165, 1.54) is 5.56 Å². The molecule has 1 saturated heterocycles. The molecule has 0 radical (unpaired) electrons. The molecule has 1 fully saturated rings. The van der Waals surface area contributed by atoms with Crippen LogP contribution in [0.1, 0.15) is 31.4 Å². The second kappa shape index (κ2) is 12.1. The number of methoxy groups -OCH3 is 1. The van der Waals surface area contributed by atoms with Gasteiger partial charge in [-0.1, -0.05) is 19.1 Å². The first kappa shape index (κ1) is 24.5. The third-order valence-corrected chi connectivity index (χ3v) is 4.97. The number of aliphatic imine (C=N–C) groups is 1. The summed E-state index contributed by atoms with van der Waals surface area (Å²) >= 11 is 0. The van der Waals surface area contributed by atoms with Crippen molar-refractivity contribution in [3.05, 3.63) is 29.8 Å². The molecule has 0 spiro atoms. The molecule has 1 aliphatic rings. The van der Waals surface area contributed by atoms with Crippen LogP contribution in [0.5, 0.6) is 5.75 Å². The first-order valence-corrected chi connectivity index (χ1v) is 9.53. The second-order valence-corrected chi connectivity index (χ2v) is 7.03. The maximum atomic E-state index is 11.9. The predicted octanol–water partition coefficient (Wildman–Crippen LogP) is 2.09. The molecule has 7 nitrogen and oxygen atoms in total. The number of likely N-dealkylation sites (tertiary alicyclic amines) is 1. The maximum Gasteiger partial charge on any atom is 0.222 e. The van der Waals surface area contributed by atoms with Crippen molar-refractivity contribution in [2.75, 3.05) is 47.9 Å². The number of ether oxygens (including phenoxy) is 1. The topological polar surface area (TPSA) is 69.2 Å². The van der Waals surface area contributed by atoms with E-state index in [0.29, 0.717) is 13.0 Å². The van der Waals surface area contributed by atoms with Crippen molar-refractivity contribution in [3.8, 4) is 5.75 Å². The smallest absolute Gasteiger partial charge is 0.222 e. The molecule has 1 aromatic rings. The SMILES string of the molecule is CCC(=O)N1CCC(NC(=NC)NCC(c2cccc(OC)c2)N(C)C)C1.I. The number of rotatable bonds is 7. The van der Waals surface area contributed by atoms with E-state index in [1.54, 1.807) is 14.2 Å². The number of hydrogen-bond donors (Lipinski definition) is 2. The van der Waals surface area contributed by atoms with Crippen LogP contribution in [0.25, 0.3) is 0 Å². The number of benzene rings is 1. The molecule has 2 rings (SSSR count). The number of likely N-dealkylation sites (N-methyl/N-ethyl adjacent to an activating group) is 1. The molecule has 2 atom stereocenters. The highest BCUT2D eigenvalue weighted by Gasteiger charge is 2.26. The van der Waals surface area contributed by atoms with Gasteiger partial charge in [-0.2, -0.15) is 0 Å². The Morgan fingerprint density at radius 2 is 2.18 bits per heavy atom. The van der Waals surface area contributed by atoms with Gasteiger partial charge < -0.3 is 25.2 Å². The number of guanidine groups is 1. The molecule has 2 N–H and O–H groups in total. The lowest BCUT2D eigenvalue weighted by atomic mass is 10.1. The molecule has 28 heavy (non-hydrogen) atoms. The van der Waals surface area contributed by atoms with E-state index < -0.39 is 0 Å². The normalized spacial score (nSPS) is 17.9. The van der Waals surface area contributed by atoms with Crippen LogP contribution in [0, 0.1) is 0 Å². The summed E-state index contributed by atoms with van der Waals surface area (Å²) in [6.45, 7) is 4.17. The predicted molar refractivity (Wildman–Crippen MR) is 125 cm³/mol. The molecule has 1 heterocycles. The van der Waals surface area contributed by atoms with E-state index in [-0.39, 0.29) is 42.0 Å². The number of amides is 1. The molecule has 1 aromatic carbocycles. The molecule has 0 aromatic heterocycles. The van der Waals surface area contributed by atoms with Gasteiger partial charge >= 0.3 is 0 Å². The number of nitrogens with one attached hydrogen (secondary N) is 2. The zero-order chi connectivity index (χ0) is 19.8. The summed E-state index contributed by atoms with van der Waals surface area (Å²) in [6.07, 6.45) is 1.50. The van der Waals surface area contributed by atoms with E-state index in [4.69, 9.17) is 4.74 Å². The fraction of sp³-hybridized carbons (Fsp3) is 0.600. The summed E-state index contributed by atoms with van der Waals surface area (Å²) in [6, 6.07) is 8.55. The van der Waals surface area contributed by atoms with E-state index in [1.807, 2.05) is 24.0 Å². The van der Waals surface area contributed by atoms with Crippen LogP contribution in [0.15, 0.2) is 29.3 Å². The Morgan fingerprint density at radius 3 is 2.79 bits per heavy atom. The minimum absolute atomic E-state index is 0. The quantitative estimate of drug-likeness (QED) is 0.339. The first-order chi connectivity index (χ1) is 13.0. The monoisotopic (exact) mass is 503 g/mol. The van der Waals surface area contributed by atoms with Gasteiger partial charge in [0.05, 0.1) is 13.2 Å². The number of halogens is 1. The summed E-state index contributed by atoms with van der Waals surface area (Å²) in [7, 11) is 7.58. The Balaban J connectivity index is 0.00000392. The van der Waals surface area contributed by atoms with Crippen molar-refractivity contribution in [1.82, 2.24) is 20.4 Å². The first-order valence-electron chi connectivity index (χ1n) is 9.53. The highest BCUT2D eigenvalue weighted by Crippen LogP contribution is 2.22. The number of nitrogens with zero attached hydrogens (tertiary/aromatic N) is 3. The maximum absolute atomic E-state index is 11.9. The van der Waals surface area contributed by atoms with Crippen molar-refractivity contribution in [2.45, 2.75) is 31.8 Å². The standard InChI is InChI=1S/C20H33N5O2.HI/c1-6-19(26)25-11-10-16(14-25)23-20(21-2)22-13-18(24(3)4)15-8-7-9-17(12-15)27-5;/h7-9,12,16,18H,6,10-11,13-14H2,1-5H3,(H2,21,22,23);1H. The van der Waals surface area contributed by atoms with Gasteiger partial charge in [0, 0.05) is 39.1 Å². The van der Waals surface area contributed by atoms with Crippen molar-refractivity contribution < 1.29 is 9.53 Å². The number of carbonyl (C=O) groups excluding carboxylic acids is 1. The summed E-state index contributed by atoms with van der Waals surface area (Å²) < 4.78 is 5.35. The highest BCUT2D eigenvalue weighted by atomic mass is 127. The van der Waals surface area contributed by atoms with Gasteiger partial charge in [-0.25, -0.2) is 0 Å². The average molecular weight is 503 g/mol. The van der Waals surface area contributed by atoms with Crippen molar-refractivity contribution >= 4 is 35.8 Å². The van der Waals surface area contributed by atoms with E-state index in [9.17, 15) is 4.79 Å². The van der Waals surface area contributed by atoms with E-state index in [0.717, 1.165) is 31.2 Å². The van der Waals surface area contributed by atoms with Gasteiger partial charge in [-0.15, -0.1) is 24.0 Å². The minimum atomic E-state index is 0. The highest BCUT2D eigenvalue weighted by molar-refractivity contribution is 14.0. The Labute approximate surface area is 185 Å². The van der Waals surface area contributed by atoms with Crippen molar-refractivity contribution in [2.24, 2.45) is 4.99 Å². The lowest BCUT2D eigenvalue weighted by Crippen LogP contribution is -2.47. The van der Waals surface area contributed by atoms with E-state index >= 15 is 0 Å². The van der Waals surface area contributed by atoms with Crippen molar-refractivity contribution in [3.63, 3.8) is 0 Å². The summed E-state index contributed by atoms with van der Waals surface area (Å²) in [5.41, 5.74) is 1.18. The fourth-order valence-electron chi connectivity index (χ4n) is 3.36. The Kier molecular flexibility index (Phi) is 10.6. The second-order valence-electron chi connectivity index (χ2n) is 7.03. The van der Waals surface area contributed by atoms with Crippen LogP contribution in [0.4, 0.5) is 0 Å². The van der Waals surface area contributed by atoms with Crippen LogP contribution in [0.2, 0.25) is 0 Å². The molecule has 0 bridgehead atoms. The molecule has 1 amide bonds. The van der Waals surface area contributed by atoms with Crippen LogP contribution < -0.4 is 15.4 Å². The zero-order valence-corrected chi connectivity index (χ0v) is 19.9. The lowest BCUT2D eigenvalue weighted by Gasteiger charge is -2.27. The van der Waals surface area contributed by atoms with Gasteiger partial charge in [0.2, 0.25) is 5.91 Å². The molecule has 2 unspecified atom stereocenters. The lowest BCUT2D eigenvalue weighted by molar-refractivity contribution is -0.129. The van der Waals surface area contributed by atoms with Crippen LogP contribution >= 0.6 is 24.0 Å². The molecule has 0 aliphatic carbocycles. The van der Waals surface area contributed by atoms with Gasteiger partial charge in [0.15, 0.2) is 5.96 Å². The Morgan fingerprint density at radius 1 is 1.43 bits per heavy atom. The van der Waals surface area contributed by atoms with Gasteiger partial charge in [-0.3, -0.25) is 9.79 Å². The molecule has 1 aliphatic heterocycles. The molecule has 158 valence electrons. The van der Waals surface area contributed by atoms with Gasteiger partial charge in [-0.05, 0) is 38.2 Å². The summed E-state index contributed by atoms with van der Waals surface area (Å²) in [5, 5.41) is 6.87. The average Bonchev–Trinajstić information content (AvgIpc) is 3.15. The van der Waals surface area contributed by atoms with Gasteiger partial charge in [0.1, 0.15) is 5.75 Å². The zero-order valence-electron chi connectivity index (χ0n) is 17.6. The minimum Gasteiger partial charge on any atom is -0.497 e. The molecule has 8 heteroatoms. The Bertz CT molecular complexity index is 653. The number of hydrogen-bond acceptors (Lipinski definition) is 4. The third kappa shape index (κ3) is 6.80. The molecular weight excluding hydrogens is 469 g/mol. The van der Waals surface area contributed by atoms with E-state index in [2.05, 4.69) is 46.8 Å². The van der Waals surface area contributed by atoms with Crippen LogP contribution in [-0.2, 0) is 4.79 Å². The largest absolute Gasteiger partial charge is 0.497 e. The van der Waals surface area contributed by atoms with Crippen LogP contribution in [-0.4, -0.2) is 75.6 Å². The van der Waals surface area contributed by atoms with Gasteiger partial charge in [0.25, 0.3) is 0 Å². The Hall–Kier alpha value is -1.55. The number of carbonyl (C=O) groups is 1. The fourth-order valence-corrected chi connectivity index (χ4v) is 3.36. The van der Waals surface area contributed by atoms with Crippen LogP contribution in [0.3, 0.4) is 0 Å².